The zero-order valence-electron chi connectivity index (χ0n) is 7.62. The van der Waals surface area contributed by atoms with E-state index in [4.69, 9.17) is 15.9 Å². The first kappa shape index (κ1) is 11.8. The summed E-state index contributed by atoms with van der Waals surface area (Å²) in [5.74, 6) is 0. The fraction of sp³-hybridized carbons (Fsp3) is 0.333. The van der Waals surface area contributed by atoms with Crippen LogP contribution in [0, 0.1) is 0 Å². The first-order valence-electron chi connectivity index (χ1n) is 4.13. The SMILES string of the molecule is Nc1cccc(C(F)(F)F)c1CC(O)O. The Balaban J connectivity index is 3.21. The van der Waals surface area contributed by atoms with Gasteiger partial charge in [-0.05, 0) is 17.7 Å². The molecule has 15 heavy (non-hydrogen) atoms. The maximum absolute atomic E-state index is 12.5. The molecule has 1 rings (SSSR count). The lowest BCUT2D eigenvalue weighted by Crippen LogP contribution is -2.16. The molecule has 0 saturated carbocycles. The summed E-state index contributed by atoms with van der Waals surface area (Å²) < 4.78 is 37.4. The van der Waals surface area contributed by atoms with Crippen molar-refractivity contribution < 1.29 is 23.4 Å². The van der Waals surface area contributed by atoms with Gasteiger partial charge < -0.3 is 15.9 Å². The van der Waals surface area contributed by atoms with Gasteiger partial charge in [-0.3, -0.25) is 0 Å². The third kappa shape index (κ3) is 2.84. The van der Waals surface area contributed by atoms with Gasteiger partial charge in [0.1, 0.15) is 0 Å². The summed E-state index contributed by atoms with van der Waals surface area (Å²) in [6, 6.07) is 3.31. The molecule has 0 bridgehead atoms. The largest absolute Gasteiger partial charge is 0.416 e. The Morgan fingerprint density at radius 1 is 1.27 bits per heavy atom. The minimum absolute atomic E-state index is 0.0991. The molecule has 0 spiro atoms. The van der Waals surface area contributed by atoms with Gasteiger partial charge in [0.25, 0.3) is 0 Å². The summed E-state index contributed by atoms with van der Waals surface area (Å²) >= 11 is 0. The Hall–Kier alpha value is -1.27. The number of nitrogens with two attached hydrogens (primary N) is 1. The highest BCUT2D eigenvalue weighted by molar-refractivity contribution is 5.52. The topological polar surface area (TPSA) is 66.5 Å². The molecule has 0 aliphatic heterocycles. The highest BCUT2D eigenvalue weighted by Crippen LogP contribution is 2.34. The van der Waals surface area contributed by atoms with Gasteiger partial charge in [-0.1, -0.05) is 6.07 Å². The van der Waals surface area contributed by atoms with Crippen molar-refractivity contribution in [2.24, 2.45) is 0 Å². The number of aliphatic hydroxyl groups excluding tert-OH is 1. The molecule has 0 aromatic heterocycles. The van der Waals surface area contributed by atoms with E-state index >= 15 is 0 Å². The van der Waals surface area contributed by atoms with Crippen LogP contribution in [0.15, 0.2) is 18.2 Å². The summed E-state index contributed by atoms with van der Waals surface area (Å²) in [7, 11) is 0. The standard InChI is InChI=1S/C9H10F3NO2/c10-9(11,12)6-2-1-3-7(13)5(6)4-8(14)15/h1-3,8,14-15H,4,13H2. The number of rotatable bonds is 2. The molecular formula is C9H10F3NO2. The summed E-state index contributed by atoms with van der Waals surface area (Å²) in [4.78, 5) is 0. The van der Waals surface area contributed by atoms with E-state index in [0.29, 0.717) is 0 Å². The second-order valence-electron chi connectivity index (χ2n) is 3.06. The van der Waals surface area contributed by atoms with Gasteiger partial charge in [-0.25, -0.2) is 0 Å². The number of benzene rings is 1. The smallest absolute Gasteiger partial charge is 0.398 e. The van der Waals surface area contributed by atoms with Crippen molar-refractivity contribution in [1.29, 1.82) is 0 Å². The van der Waals surface area contributed by atoms with Gasteiger partial charge in [-0.2, -0.15) is 13.2 Å². The van der Waals surface area contributed by atoms with Crippen LogP contribution in [-0.4, -0.2) is 16.5 Å². The van der Waals surface area contributed by atoms with Crippen molar-refractivity contribution >= 4 is 5.69 Å². The fourth-order valence-electron chi connectivity index (χ4n) is 1.28. The van der Waals surface area contributed by atoms with Crippen molar-refractivity contribution in [3.8, 4) is 0 Å². The van der Waals surface area contributed by atoms with Crippen LogP contribution in [0.5, 0.6) is 0 Å². The monoisotopic (exact) mass is 221 g/mol. The van der Waals surface area contributed by atoms with Crippen molar-refractivity contribution in [3.63, 3.8) is 0 Å². The molecule has 84 valence electrons. The highest BCUT2D eigenvalue weighted by atomic mass is 19.4. The lowest BCUT2D eigenvalue weighted by molar-refractivity contribution is -0.138. The first-order valence-corrected chi connectivity index (χ1v) is 4.13. The van der Waals surface area contributed by atoms with Crippen molar-refractivity contribution in [3.05, 3.63) is 29.3 Å². The summed E-state index contributed by atoms with van der Waals surface area (Å²) in [6.07, 6.45) is -6.93. The van der Waals surface area contributed by atoms with Gasteiger partial charge in [0, 0.05) is 12.1 Å². The number of nitrogen functional groups attached to an aromatic ring is 1. The zero-order valence-corrected chi connectivity index (χ0v) is 7.62. The Labute approximate surface area is 84.0 Å². The molecule has 1 aromatic rings. The maximum Gasteiger partial charge on any atom is 0.416 e. The van der Waals surface area contributed by atoms with E-state index in [-0.39, 0.29) is 11.3 Å². The maximum atomic E-state index is 12.5. The molecule has 0 fully saturated rings. The van der Waals surface area contributed by atoms with Gasteiger partial charge in [0.2, 0.25) is 0 Å². The molecule has 3 nitrogen and oxygen atoms in total. The van der Waals surface area contributed by atoms with Crippen LogP contribution in [0.3, 0.4) is 0 Å². The molecule has 0 amide bonds. The van der Waals surface area contributed by atoms with Gasteiger partial charge in [0.05, 0.1) is 5.56 Å². The van der Waals surface area contributed by atoms with Crippen LogP contribution in [0.1, 0.15) is 11.1 Å². The second kappa shape index (κ2) is 4.08. The van der Waals surface area contributed by atoms with Crippen LogP contribution in [0.4, 0.5) is 18.9 Å². The molecule has 0 heterocycles. The number of anilines is 1. The van der Waals surface area contributed by atoms with E-state index in [1.165, 1.54) is 12.1 Å². The molecular weight excluding hydrogens is 211 g/mol. The second-order valence-corrected chi connectivity index (χ2v) is 3.06. The van der Waals surface area contributed by atoms with Crippen molar-refractivity contribution in [2.75, 3.05) is 5.73 Å². The quantitative estimate of drug-likeness (QED) is 0.518. The minimum Gasteiger partial charge on any atom is -0.398 e. The molecule has 0 aliphatic carbocycles. The Kier molecular flexibility index (Phi) is 3.21. The third-order valence-electron chi connectivity index (χ3n) is 1.90. The zero-order chi connectivity index (χ0) is 11.6. The van der Waals surface area contributed by atoms with E-state index in [9.17, 15) is 13.2 Å². The van der Waals surface area contributed by atoms with Crippen molar-refractivity contribution in [1.82, 2.24) is 0 Å². The molecule has 0 atom stereocenters. The van der Waals surface area contributed by atoms with E-state index in [0.717, 1.165) is 6.07 Å². The summed E-state index contributed by atoms with van der Waals surface area (Å²) in [5, 5.41) is 17.3. The average molecular weight is 221 g/mol. The van der Waals surface area contributed by atoms with Crippen LogP contribution in [0.25, 0.3) is 0 Å². The fourth-order valence-corrected chi connectivity index (χ4v) is 1.28. The highest BCUT2D eigenvalue weighted by Gasteiger charge is 2.34. The first-order chi connectivity index (χ1) is 6.82. The minimum atomic E-state index is -4.54. The molecule has 6 heteroatoms. The summed E-state index contributed by atoms with van der Waals surface area (Å²) in [5.41, 5.74) is 4.02. The average Bonchev–Trinajstić information content (AvgIpc) is 2.05. The number of halogens is 3. The van der Waals surface area contributed by atoms with E-state index in [1.807, 2.05) is 0 Å². The Morgan fingerprint density at radius 3 is 2.33 bits per heavy atom. The van der Waals surface area contributed by atoms with Gasteiger partial charge in [-0.15, -0.1) is 0 Å². The molecule has 0 radical (unpaired) electrons. The predicted octanol–water partition coefficient (Wildman–Crippen LogP) is 1.14. The third-order valence-corrected chi connectivity index (χ3v) is 1.90. The normalized spacial score (nSPS) is 12.1. The molecule has 0 aliphatic rings. The van der Waals surface area contributed by atoms with E-state index < -0.39 is 24.5 Å². The predicted molar refractivity (Wildman–Crippen MR) is 47.8 cm³/mol. The lowest BCUT2D eigenvalue weighted by atomic mass is 10.0. The number of hydrogen-bond donors (Lipinski definition) is 3. The van der Waals surface area contributed by atoms with Crippen LogP contribution >= 0.6 is 0 Å². The molecule has 0 saturated heterocycles. The number of alkyl halides is 3. The van der Waals surface area contributed by atoms with Gasteiger partial charge >= 0.3 is 6.18 Å². The van der Waals surface area contributed by atoms with Crippen LogP contribution < -0.4 is 5.73 Å². The van der Waals surface area contributed by atoms with Crippen LogP contribution in [-0.2, 0) is 12.6 Å². The molecule has 1 aromatic carbocycles. The van der Waals surface area contributed by atoms with E-state index in [2.05, 4.69) is 0 Å². The van der Waals surface area contributed by atoms with Crippen molar-refractivity contribution in [2.45, 2.75) is 18.9 Å². The Morgan fingerprint density at radius 2 is 1.87 bits per heavy atom. The number of aliphatic hydroxyl groups is 2. The lowest BCUT2D eigenvalue weighted by Gasteiger charge is -2.15. The molecule has 4 N–H and O–H groups in total. The summed E-state index contributed by atoms with van der Waals surface area (Å²) in [6.45, 7) is 0. The Bertz CT molecular complexity index is 350. The van der Waals surface area contributed by atoms with Crippen LogP contribution in [0.2, 0.25) is 0 Å². The molecule has 0 unspecified atom stereocenters. The van der Waals surface area contributed by atoms with E-state index in [1.54, 1.807) is 0 Å². The number of hydrogen-bond acceptors (Lipinski definition) is 3. The van der Waals surface area contributed by atoms with Gasteiger partial charge in [0.15, 0.2) is 6.29 Å².